The number of hydrogen-bond acceptors (Lipinski definition) is 3. The number of aromatic carboxylic acids is 1. The Hall–Kier alpha value is -2.83. The molecule has 2 amide bonds. The molecule has 0 aliphatic heterocycles. The second kappa shape index (κ2) is 10.1. The molecule has 1 aromatic rings. The fraction of sp³-hybridized carbons (Fsp3) is 0.686. The summed E-state index contributed by atoms with van der Waals surface area (Å²) in [5.41, 5.74) is 3.31. The summed E-state index contributed by atoms with van der Waals surface area (Å²) in [6, 6.07) is 7.10. The lowest BCUT2D eigenvalue weighted by atomic mass is 9.34. The number of amides is 2. The number of carboxylic acid groups (broad SMARTS) is 2. The van der Waals surface area contributed by atoms with Crippen molar-refractivity contribution in [3.8, 4) is 0 Å². The minimum atomic E-state index is -1.02. The van der Waals surface area contributed by atoms with Gasteiger partial charge in [0, 0.05) is 5.54 Å². The summed E-state index contributed by atoms with van der Waals surface area (Å²) in [4.78, 5) is 35.2. The molecular formula is C35H48N2O5. The van der Waals surface area contributed by atoms with E-state index in [1.165, 1.54) is 31.3 Å². The summed E-state index contributed by atoms with van der Waals surface area (Å²) < 4.78 is 0. The summed E-state index contributed by atoms with van der Waals surface area (Å²) >= 11 is 0. The Labute approximate surface area is 249 Å². The van der Waals surface area contributed by atoms with Crippen LogP contribution in [0.3, 0.4) is 0 Å². The van der Waals surface area contributed by atoms with Crippen LogP contribution in [-0.2, 0) is 4.79 Å². The summed E-state index contributed by atoms with van der Waals surface area (Å²) in [6.45, 7) is 9.79. The highest BCUT2D eigenvalue weighted by atomic mass is 16.4. The average Bonchev–Trinajstić information content (AvgIpc) is 3.36. The van der Waals surface area contributed by atoms with Crippen LogP contribution in [0.25, 0.3) is 5.57 Å². The lowest BCUT2D eigenvalue weighted by Crippen LogP contribution is -2.67. The maximum atomic E-state index is 12.8. The first-order valence-corrected chi connectivity index (χ1v) is 16.2. The molecule has 4 saturated carbocycles. The SMILES string of the molecule is CC1C(c2ccc(C(=O)O)cc2)=CCC2(C)C1CCC1(C)C2CCC2C3CCCC3(NC(=O)NCC(=O)O)CC[C@]21C. The monoisotopic (exact) mass is 576 g/mol. The molecule has 7 nitrogen and oxygen atoms in total. The Kier molecular flexibility index (Phi) is 7.05. The van der Waals surface area contributed by atoms with Gasteiger partial charge in [0.25, 0.3) is 0 Å². The quantitative estimate of drug-likeness (QED) is 0.302. The average molecular weight is 577 g/mol. The summed E-state index contributed by atoms with van der Waals surface area (Å²) in [5, 5.41) is 24.3. The number of carboxylic acids is 2. The Morgan fingerprint density at radius 2 is 1.60 bits per heavy atom. The van der Waals surface area contributed by atoms with Crippen LogP contribution < -0.4 is 10.6 Å². The standard InChI is InChI=1S/C35H48N2O5/c1-21-24(22-7-9-23(10-8-22)30(40)41)13-16-32(2)25(21)14-17-34(4)28(32)12-11-26-27-6-5-15-35(27,19-18-33(26,34)3)37-31(42)36-20-29(38)39/h7-10,13,21,25-28H,5-6,11-12,14-20H2,1-4H3,(H,38,39)(H,40,41)(H2,36,37,42)/t21?,25?,26?,27?,28?,32?,33-,34?,35?/m1/s1. The fourth-order valence-electron chi connectivity index (χ4n) is 11.6. The molecule has 228 valence electrons. The predicted molar refractivity (Wildman–Crippen MR) is 162 cm³/mol. The van der Waals surface area contributed by atoms with E-state index in [-0.39, 0.29) is 34.4 Å². The van der Waals surface area contributed by atoms with Crippen LogP contribution in [0.2, 0.25) is 0 Å². The largest absolute Gasteiger partial charge is 0.480 e. The lowest BCUT2D eigenvalue weighted by Gasteiger charge is -2.71. The van der Waals surface area contributed by atoms with Gasteiger partial charge in [-0.3, -0.25) is 4.79 Å². The van der Waals surface area contributed by atoms with Crippen LogP contribution in [0, 0.1) is 45.8 Å². The highest BCUT2D eigenvalue weighted by Gasteiger charge is 2.68. The third kappa shape index (κ3) is 4.23. The van der Waals surface area contributed by atoms with E-state index in [4.69, 9.17) is 5.11 Å². The molecule has 0 aromatic heterocycles. The van der Waals surface area contributed by atoms with E-state index < -0.39 is 11.9 Å². The van der Waals surface area contributed by atoms with Crippen LogP contribution in [0.15, 0.2) is 30.3 Å². The van der Waals surface area contributed by atoms with Crippen molar-refractivity contribution in [2.75, 3.05) is 6.54 Å². The molecule has 5 aliphatic rings. The van der Waals surface area contributed by atoms with Gasteiger partial charge >= 0.3 is 18.0 Å². The Morgan fingerprint density at radius 1 is 0.857 bits per heavy atom. The van der Waals surface area contributed by atoms with Crippen molar-refractivity contribution in [1.82, 2.24) is 10.6 Å². The van der Waals surface area contributed by atoms with Crippen molar-refractivity contribution in [3.05, 3.63) is 41.5 Å². The van der Waals surface area contributed by atoms with E-state index in [2.05, 4.69) is 44.4 Å². The van der Waals surface area contributed by atoms with Crippen molar-refractivity contribution in [1.29, 1.82) is 0 Å². The first-order chi connectivity index (χ1) is 19.8. The highest BCUT2D eigenvalue weighted by Crippen LogP contribution is 2.75. The summed E-state index contributed by atoms with van der Waals surface area (Å²) in [7, 11) is 0. The van der Waals surface area contributed by atoms with Gasteiger partial charge in [-0.2, -0.15) is 0 Å². The molecule has 1 aromatic carbocycles. The van der Waals surface area contributed by atoms with E-state index >= 15 is 0 Å². The highest BCUT2D eigenvalue weighted by molar-refractivity contribution is 5.88. The molecule has 4 N–H and O–H groups in total. The van der Waals surface area contributed by atoms with Crippen LogP contribution in [0.5, 0.6) is 0 Å². The zero-order chi connectivity index (χ0) is 30.1. The van der Waals surface area contributed by atoms with Crippen LogP contribution in [0.4, 0.5) is 4.79 Å². The molecular weight excluding hydrogens is 528 g/mol. The van der Waals surface area contributed by atoms with Gasteiger partial charge in [-0.15, -0.1) is 0 Å². The summed E-state index contributed by atoms with van der Waals surface area (Å²) in [5.74, 6) is 0.772. The fourth-order valence-corrected chi connectivity index (χ4v) is 11.6. The first-order valence-electron chi connectivity index (χ1n) is 16.2. The van der Waals surface area contributed by atoms with Crippen LogP contribution in [0.1, 0.15) is 108 Å². The van der Waals surface area contributed by atoms with Crippen LogP contribution >= 0.6 is 0 Å². The normalized spacial score (nSPS) is 42.2. The van der Waals surface area contributed by atoms with E-state index in [9.17, 15) is 19.5 Å². The number of nitrogens with one attached hydrogen (secondary N) is 2. The number of carbonyl (C=O) groups is 3. The number of hydrogen-bond donors (Lipinski definition) is 4. The molecule has 0 saturated heterocycles. The van der Waals surface area contributed by atoms with Crippen LogP contribution in [-0.4, -0.2) is 40.3 Å². The Balaban J connectivity index is 1.25. The smallest absolute Gasteiger partial charge is 0.335 e. The molecule has 0 radical (unpaired) electrons. The molecule has 5 aliphatic carbocycles. The molecule has 9 atom stereocenters. The molecule has 42 heavy (non-hydrogen) atoms. The van der Waals surface area contributed by atoms with Crippen molar-refractivity contribution >= 4 is 23.5 Å². The van der Waals surface area contributed by atoms with Gasteiger partial charge in [-0.1, -0.05) is 52.3 Å². The van der Waals surface area contributed by atoms with Crippen molar-refractivity contribution in [3.63, 3.8) is 0 Å². The number of aliphatic carboxylic acids is 1. The number of urea groups is 1. The van der Waals surface area contributed by atoms with E-state index in [0.29, 0.717) is 35.2 Å². The van der Waals surface area contributed by atoms with Gasteiger partial charge in [-0.05, 0) is 127 Å². The van der Waals surface area contributed by atoms with Crippen molar-refractivity contribution in [2.24, 2.45) is 45.8 Å². The van der Waals surface area contributed by atoms with Crippen molar-refractivity contribution in [2.45, 2.75) is 97.4 Å². The maximum absolute atomic E-state index is 12.8. The Morgan fingerprint density at radius 3 is 2.29 bits per heavy atom. The minimum absolute atomic E-state index is 0.210. The molecule has 8 unspecified atom stereocenters. The van der Waals surface area contributed by atoms with Gasteiger partial charge in [0.2, 0.25) is 0 Å². The number of benzene rings is 1. The zero-order valence-electron chi connectivity index (χ0n) is 25.7. The third-order valence-electron chi connectivity index (χ3n) is 13.8. The number of carbonyl (C=O) groups excluding carboxylic acids is 1. The third-order valence-corrected chi connectivity index (χ3v) is 13.8. The van der Waals surface area contributed by atoms with Gasteiger partial charge < -0.3 is 20.8 Å². The van der Waals surface area contributed by atoms with Gasteiger partial charge in [0.1, 0.15) is 6.54 Å². The van der Waals surface area contributed by atoms with Gasteiger partial charge in [0.05, 0.1) is 5.56 Å². The number of fused-ring (bicyclic) bond motifs is 7. The van der Waals surface area contributed by atoms with E-state index in [1.54, 1.807) is 12.1 Å². The zero-order valence-corrected chi connectivity index (χ0v) is 25.7. The Bertz CT molecular complexity index is 1310. The molecule has 4 fully saturated rings. The molecule has 0 heterocycles. The topological polar surface area (TPSA) is 116 Å². The number of allylic oxidation sites excluding steroid dienone is 2. The molecule has 0 bridgehead atoms. The van der Waals surface area contributed by atoms with E-state index in [0.717, 1.165) is 44.1 Å². The van der Waals surface area contributed by atoms with Gasteiger partial charge in [-0.25, -0.2) is 9.59 Å². The number of rotatable bonds is 5. The lowest BCUT2D eigenvalue weighted by molar-refractivity contribution is -0.210. The minimum Gasteiger partial charge on any atom is -0.480 e. The van der Waals surface area contributed by atoms with Gasteiger partial charge in [0.15, 0.2) is 0 Å². The molecule has 7 heteroatoms. The second-order valence-electron chi connectivity index (χ2n) is 15.1. The molecule has 6 rings (SSSR count). The summed E-state index contributed by atoms with van der Waals surface area (Å²) in [6.07, 6.45) is 13.7. The van der Waals surface area contributed by atoms with E-state index in [1.807, 2.05) is 12.1 Å². The maximum Gasteiger partial charge on any atom is 0.335 e. The first kappa shape index (κ1) is 29.3. The predicted octanol–water partition coefficient (Wildman–Crippen LogP) is 6.98. The molecule has 0 spiro atoms. The second-order valence-corrected chi connectivity index (χ2v) is 15.1. The van der Waals surface area contributed by atoms with Crippen molar-refractivity contribution < 1.29 is 24.6 Å².